The molecule has 2 aliphatic rings. The Labute approximate surface area is 122 Å². The minimum atomic E-state index is -0.446. The molecular weight excluding hydrogens is 291 g/mol. The van der Waals surface area contributed by atoms with Crippen LogP contribution >= 0.6 is 35.1 Å². The van der Waals surface area contributed by atoms with Gasteiger partial charge in [-0.05, 0) is 37.8 Å². The van der Waals surface area contributed by atoms with Crippen LogP contribution in [0.5, 0.6) is 0 Å². The smallest absolute Gasteiger partial charge is 0.244 e. The molecule has 2 rings (SSSR count). The summed E-state index contributed by atoms with van der Waals surface area (Å²) in [6, 6.07) is -0.174. The topological polar surface area (TPSA) is 32.3 Å². The number of hydrogen-bond donors (Lipinski definition) is 1. The molecule has 1 aliphatic carbocycles. The summed E-state index contributed by atoms with van der Waals surface area (Å²) in [4.78, 5) is 12.3. The molecule has 0 aromatic rings. The first-order chi connectivity index (χ1) is 8.50. The molecule has 102 valence electrons. The van der Waals surface area contributed by atoms with Gasteiger partial charge in [0.2, 0.25) is 5.91 Å². The molecule has 3 atom stereocenters. The second-order valence-corrected chi connectivity index (χ2v) is 7.21. The maximum Gasteiger partial charge on any atom is 0.244 e. The Balaban J connectivity index is 1.99. The largest absolute Gasteiger partial charge is 0.351 e. The SMILES string of the molecule is CC1CCCCC1NC(=O)C1C(Cl)=C(Cl)SN1C. The second-order valence-electron chi connectivity index (χ2n) is 5.04. The van der Waals surface area contributed by atoms with Crippen LogP contribution in [0.4, 0.5) is 0 Å². The van der Waals surface area contributed by atoms with E-state index in [-0.39, 0.29) is 11.9 Å². The van der Waals surface area contributed by atoms with Crippen molar-refractivity contribution in [3.05, 3.63) is 9.40 Å². The van der Waals surface area contributed by atoms with Crippen LogP contribution in [-0.4, -0.2) is 29.3 Å². The molecule has 18 heavy (non-hydrogen) atoms. The minimum absolute atomic E-state index is 0.0376. The zero-order chi connectivity index (χ0) is 13.3. The molecule has 0 aromatic heterocycles. The van der Waals surface area contributed by atoms with Gasteiger partial charge in [0.15, 0.2) is 0 Å². The molecule has 1 amide bonds. The Bertz CT molecular complexity index is 375. The van der Waals surface area contributed by atoms with Gasteiger partial charge in [0, 0.05) is 6.04 Å². The Morgan fingerprint density at radius 1 is 1.39 bits per heavy atom. The van der Waals surface area contributed by atoms with Crippen LogP contribution in [-0.2, 0) is 4.79 Å². The predicted molar refractivity (Wildman–Crippen MR) is 77.4 cm³/mol. The highest BCUT2D eigenvalue weighted by molar-refractivity contribution is 8.02. The van der Waals surface area contributed by atoms with Crippen LogP contribution in [0.2, 0.25) is 0 Å². The van der Waals surface area contributed by atoms with Gasteiger partial charge in [-0.15, -0.1) is 0 Å². The number of likely N-dealkylation sites (N-methyl/N-ethyl adjacent to an activating group) is 1. The zero-order valence-corrected chi connectivity index (χ0v) is 12.9. The summed E-state index contributed by atoms with van der Waals surface area (Å²) in [5, 5.41) is 3.56. The molecule has 3 nitrogen and oxygen atoms in total. The zero-order valence-electron chi connectivity index (χ0n) is 10.6. The van der Waals surface area contributed by atoms with Crippen molar-refractivity contribution in [1.29, 1.82) is 0 Å². The van der Waals surface area contributed by atoms with E-state index in [4.69, 9.17) is 23.2 Å². The summed E-state index contributed by atoms with van der Waals surface area (Å²) in [5.41, 5.74) is 0. The number of halogens is 2. The second kappa shape index (κ2) is 6.04. The quantitative estimate of drug-likeness (QED) is 0.795. The summed E-state index contributed by atoms with van der Waals surface area (Å²) in [6.45, 7) is 2.20. The Morgan fingerprint density at radius 2 is 2.06 bits per heavy atom. The lowest BCUT2D eigenvalue weighted by Crippen LogP contribution is -2.48. The van der Waals surface area contributed by atoms with Crippen LogP contribution in [0.1, 0.15) is 32.6 Å². The van der Waals surface area contributed by atoms with Gasteiger partial charge < -0.3 is 5.32 Å². The summed E-state index contributed by atoms with van der Waals surface area (Å²) < 4.78 is 2.30. The highest BCUT2D eigenvalue weighted by Gasteiger charge is 2.37. The van der Waals surface area contributed by atoms with Gasteiger partial charge in [-0.2, -0.15) is 0 Å². The van der Waals surface area contributed by atoms with Crippen molar-refractivity contribution in [3.8, 4) is 0 Å². The summed E-state index contributed by atoms with van der Waals surface area (Å²) in [7, 11) is 1.83. The van der Waals surface area contributed by atoms with Crippen LogP contribution in [0.3, 0.4) is 0 Å². The number of hydrogen-bond acceptors (Lipinski definition) is 3. The van der Waals surface area contributed by atoms with E-state index in [1.165, 1.54) is 31.2 Å². The first-order valence-corrected chi connectivity index (χ1v) is 7.80. The van der Waals surface area contributed by atoms with E-state index in [0.29, 0.717) is 15.3 Å². The van der Waals surface area contributed by atoms with Crippen LogP contribution in [0.25, 0.3) is 0 Å². The molecule has 1 saturated carbocycles. The van der Waals surface area contributed by atoms with Crippen molar-refractivity contribution in [2.45, 2.75) is 44.7 Å². The first kappa shape index (κ1) is 14.5. The third kappa shape index (κ3) is 2.98. The number of nitrogens with one attached hydrogen (secondary N) is 1. The van der Waals surface area contributed by atoms with Gasteiger partial charge in [-0.1, -0.05) is 43.0 Å². The third-order valence-corrected chi connectivity index (χ3v) is 5.60. The van der Waals surface area contributed by atoms with E-state index in [0.717, 1.165) is 6.42 Å². The molecule has 1 N–H and O–H groups in total. The average molecular weight is 309 g/mol. The van der Waals surface area contributed by atoms with Gasteiger partial charge in [0.05, 0.1) is 5.03 Å². The van der Waals surface area contributed by atoms with Gasteiger partial charge in [-0.3, -0.25) is 4.79 Å². The maximum atomic E-state index is 12.3. The molecule has 0 spiro atoms. The van der Waals surface area contributed by atoms with Crippen LogP contribution in [0.15, 0.2) is 9.40 Å². The van der Waals surface area contributed by atoms with Gasteiger partial charge in [0.1, 0.15) is 10.4 Å². The van der Waals surface area contributed by atoms with Crippen molar-refractivity contribution in [2.24, 2.45) is 5.92 Å². The molecule has 3 unspecified atom stereocenters. The molecule has 1 fully saturated rings. The number of nitrogens with zero attached hydrogens (tertiary/aromatic N) is 1. The monoisotopic (exact) mass is 308 g/mol. The van der Waals surface area contributed by atoms with Crippen molar-refractivity contribution in [3.63, 3.8) is 0 Å². The molecular formula is C12H18Cl2N2OS. The summed E-state index contributed by atoms with van der Waals surface area (Å²) >= 11 is 13.4. The minimum Gasteiger partial charge on any atom is -0.351 e. The number of carbonyl (C=O) groups is 1. The molecule has 0 saturated heterocycles. The summed E-state index contributed by atoms with van der Waals surface area (Å²) in [6.07, 6.45) is 4.70. The van der Waals surface area contributed by atoms with Crippen molar-refractivity contribution in [2.75, 3.05) is 7.05 Å². The molecule has 0 radical (unpaired) electrons. The highest BCUT2D eigenvalue weighted by Crippen LogP contribution is 2.41. The van der Waals surface area contributed by atoms with Gasteiger partial charge in [-0.25, -0.2) is 4.31 Å². The average Bonchev–Trinajstić information content (AvgIpc) is 2.56. The van der Waals surface area contributed by atoms with Crippen LogP contribution < -0.4 is 5.32 Å². The number of carbonyl (C=O) groups excluding carboxylic acids is 1. The third-order valence-electron chi connectivity index (χ3n) is 3.70. The van der Waals surface area contributed by atoms with Gasteiger partial charge in [0.25, 0.3) is 0 Å². The van der Waals surface area contributed by atoms with Crippen LogP contribution in [0, 0.1) is 5.92 Å². The standard InChI is InChI=1S/C12H18Cl2N2OS/c1-7-5-3-4-6-8(7)15-12(17)10-9(13)11(14)18-16(10)2/h7-8,10H,3-6H2,1-2H3,(H,15,17). The number of amides is 1. The molecule has 0 aromatic carbocycles. The van der Waals surface area contributed by atoms with E-state index in [1.807, 2.05) is 7.05 Å². The predicted octanol–water partition coefficient (Wildman–Crippen LogP) is 3.29. The maximum absolute atomic E-state index is 12.3. The number of rotatable bonds is 2. The lowest BCUT2D eigenvalue weighted by molar-refractivity contribution is -0.124. The van der Waals surface area contributed by atoms with E-state index < -0.39 is 6.04 Å². The Kier molecular flexibility index (Phi) is 4.86. The first-order valence-electron chi connectivity index (χ1n) is 6.27. The lowest BCUT2D eigenvalue weighted by Gasteiger charge is -2.31. The Hall–Kier alpha value is 0.1000. The van der Waals surface area contributed by atoms with Crippen molar-refractivity contribution in [1.82, 2.24) is 9.62 Å². The van der Waals surface area contributed by atoms with Gasteiger partial charge >= 0.3 is 0 Å². The fourth-order valence-electron chi connectivity index (χ4n) is 2.56. The van der Waals surface area contributed by atoms with E-state index in [2.05, 4.69) is 12.2 Å². The summed E-state index contributed by atoms with van der Waals surface area (Å²) in [5.74, 6) is 0.504. The highest BCUT2D eigenvalue weighted by atomic mass is 35.5. The normalized spacial score (nSPS) is 33.9. The molecule has 0 bridgehead atoms. The fraction of sp³-hybridized carbons (Fsp3) is 0.750. The van der Waals surface area contributed by atoms with E-state index >= 15 is 0 Å². The molecule has 1 aliphatic heterocycles. The van der Waals surface area contributed by atoms with E-state index in [1.54, 1.807) is 4.31 Å². The van der Waals surface area contributed by atoms with E-state index in [9.17, 15) is 4.79 Å². The Morgan fingerprint density at radius 3 is 2.61 bits per heavy atom. The fourth-order valence-corrected chi connectivity index (χ4v) is 4.16. The van der Waals surface area contributed by atoms with Crippen molar-refractivity contribution >= 4 is 41.1 Å². The van der Waals surface area contributed by atoms with Crippen molar-refractivity contribution < 1.29 is 4.79 Å². The molecule has 1 heterocycles. The molecule has 6 heteroatoms. The lowest BCUT2D eigenvalue weighted by atomic mass is 9.86.